The first-order valence-corrected chi connectivity index (χ1v) is 6.36. The highest BCUT2D eigenvalue weighted by atomic mass is 19.2. The largest absolute Gasteiger partial charge is 0.311 e. The lowest BCUT2D eigenvalue weighted by atomic mass is 10.1. The summed E-state index contributed by atoms with van der Waals surface area (Å²) < 4.78 is 25.8. The average Bonchev–Trinajstić information content (AvgIpc) is 2.87. The number of carbonyl (C=O) groups is 1. The van der Waals surface area contributed by atoms with Gasteiger partial charge >= 0.3 is 0 Å². The van der Waals surface area contributed by atoms with Crippen molar-refractivity contribution >= 4 is 11.7 Å². The van der Waals surface area contributed by atoms with Crippen molar-refractivity contribution in [3.8, 4) is 0 Å². The minimum absolute atomic E-state index is 0.188. The van der Waals surface area contributed by atoms with Crippen molar-refractivity contribution < 1.29 is 13.6 Å². The van der Waals surface area contributed by atoms with Crippen molar-refractivity contribution in [1.29, 1.82) is 0 Å². The highest BCUT2D eigenvalue weighted by molar-refractivity contribution is 5.90. The molecule has 0 unspecified atom stereocenters. The fraction of sp³-hybridized carbons (Fsp3) is 0.286. The Morgan fingerprint density at radius 2 is 2.15 bits per heavy atom. The molecule has 6 heteroatoms. The molecule has 0 saturated carbocycles. The Morgan fingerprint density at radius 3 is 2.85 bits per heavy atom. The number of H-pyrrole nitrogens is 1. The van der Waals surface area contributed by atoms with Crippen molar-refractivity contribution in [1.82, 2.24) is 10.2 Å². The number of hydrogen-bond donors (Lipinski definition) is 2. The Balaban J connectivity index is 1.90. The van der Waals surface area contributed by atoms with E-state index in [4.69, 9.17) is 0 Å². The number of nitrogens with one attached hydrogen (secondary N) is 2. The van der Waals surface area contributed by atoms with Crippen LogP contribution in [0.3, 0.4) is 0 Å². The summed E-state index contributed by atoms with van der Waals surface area (Å²) in [5.74, 6) is -1.40. The smallest absolute Gasteiger partial charge is 0.225 e. The highest BCUT2D eigenvalue weighted by Crippen LogP contribution is 2.13. The van der Waals surface area contributed by atoms with Crippen LogP contribution in [0.15, 0.2) is 24.4 Å². The molecule has 0 atom stereocenters. The van der Waals surface area contributed by atoms with Gasteiger partial charge in [0.05, 0.1) is 6.20 Å². The summed E-state index contributed by atoms with van der Waals surface area (Å²) in [6, 6.07) is 3.64. The number of aromatic amines is 1. The number of nitrogens with zero attached hydrogens (tertiary/aromatic N) is 1. The third-order valence-corrected chi connectivity index (χ3v) is 2.99. The number of anilines is 1. The summed E-state index contributed by atoms with van der Waals surface area (Å²) >= 11 is 0. The van der Waals surface area contributed by atoms with Crippen molar-refractivity contribution in [3.63, 3.8) is 0 Å². The van der Waals surface area contributed by atoms with Gasteiger partial charge in [-0.05, 0) is 30.5 Å². The van der Waals surface area contributed by atoms with E-state index in [-0.39, 0.29) is 12.3 Å². The van der Waals surface area contributed by atoms with Crippen LogP contribution in [-0.4, -0.2) is 16.1 Å². The number of benzene rings is 1. The fourth-order valence-corrected chi connectivity index (χ4v) is 1.84. The number of carbonyl (C=O) groups excluding carboxylic acids is 1. The van der Waals surface area contributed by atoms with Crippen LogP contribution in [0, 0.1) is 11.6 Å². The van der Waals surface area contributed by atoms with E-state index >= 15 is 0 Å². The lowest BCUT2D eigenvalue weighted by Crippen LogP contribution is -2.13. The van der Waals surface area contributed by atoms with Gasteiger partial charge < -0.3 is 5.32 Å². The average molecular weight is 279 g/mol. The highest BCUT2D eigenvalue weighted by Gasteiger charge is 2.09. The molecular weight excluding hydrogens is 264 g/mol. The van der Waals surface area contributed by atoms with E-state index < -0.39 is 11.6 Å². The van der Waals surface area contributed by atoms with E-state index in [1.807, 2.05) is 6.92 Å². The summed E-state index contributed by atoms with van der Waals surface area (Å²) in [4.78, 5) is 11.8. The summed E-state index contributed by atoms with van der Waals surface area (Å²) in [6.45, 7) is 1.96. The summed E-state index contributed by atoms with van der Waals surface area (Å²) in [6.07, 6.45) is 2.95. The molecule has 0 radical (unpaired) electrons. The lowest BCUT2D eigenvalue weighted by Gasteiger charge is -2.05. The molecule has 1 aromatic heterocycles. The van der Waals surface area contributed by atoms with E-state index in [2.05, 4.69) is 15.5 Å². The van der Waals surface area contributed by atoms with Gasteiger partial charge in [0.25, 0.3) is 0 Å². The predicted octanol–water partition coefficient (Wildman–Crippen LogP) is 2.82. The van der Waals surface area contributed by atoms with Gasteiger partial charge in [-0.15, -0.1) is 0 Å². The van der Waals surface area contributed by atoms with Gasteiger partial charge in [-0.25, -0.2) is 8.78 Å². The van der Waals surface area contributed by atoms with Crippen LogP contribution in [-0.2, 0) is 17.6 Å². The zero-order valence-corrected chi connectivity index (χ0v) is 11.0. The number of aryl methyl sites for hydroxylation is 2. The molecule has 2 N–H and O–H groups in total. The van der Waals surface area contributed by atoms with Crippen LogP contribution in [0.2, 0.25) is 0 Å². The maximum absolute atomic E-state index is 13.0. The maximum Gasteiger partial charge on any atom is 0.225 e. The SMILES string of the molecule is CCc1cn[nH]c1NC(=O)CCc1ccc(F)c(F)c1. The Labute approximate surface area is 115 Å². The summed E-state index contributed by atoms with van der Waals surface area (Å²) in [7, 11) is 0. The predicted molar refractivity (Wildman–Crippen MR) is 71.3 cm³/mol. The van der Waals surface area contributed by atoms with Gasteiger partial charge in [0.1, 0.15) is 5.82 Å². The number of aromatic nitrogens is 2. The fourth-order valence-electron chi connectivity index (χ4n) is 1.84. The molecule has 2 aromatic rings. The van der Waals surface area contributed by atoms with Crippen LogP contribution in [0.25, 0.3) is 0 Å². The van der Waals surface area contributed by atoms with Crippen molar-refractivity contribution in [2.45, 2.75) is 26.2 Å². The minimum Gasteiger partial charge on any atom is -0.311 e. The molecule has 1 heterocycles. The maximum atomic E-state index is 13.0. The summed E-state index contributed by atoms with van der Waals surface area (Å²) in [5, 5.41) is 9.28. The van der Waals surface area contributed by atoms with Crippen molar-refractivity contribution in [2.75, 3.05) is 5.32 Å². The molecule has 0 aliphatic rings. The number of rotatable bonds is 5. The summed E-state index contributed by atoms with van der Waals surface area (Å²) in [5.41, 5.74) is 1.51. The molecule has 0 saturated heterocycles. The Kier molecular flexibility index (Phi) is 4.45. The van der Waals surface area contributed by atoms with Gasteiger partial charge in [0.2, 0.25) is 5.91 Å². The molecule has 1 amide bonds. The molecule has 0 spiro atoms. The number of halogens is 2. The lowest BCUT2D eigenvalue weighted by molar-refractivity contribution is -0.116. The number of amides is 1. The van der Waals surface area contributed by atoms with E-state index in [1.165, 1.54) is 6.07 Å². The minimum atomic E-state index is -0.898. The zero-order valence-electron chi connectivity index (χ0n) is 11.0. The van der Waals surface area contributed by atoms with Crippen LogP contribution in [0.1, 0.15) is 24.5 Å². The van der Waals surface area contributed by atoms with E-state index in [1.54, 1.807) is 6.20 Å². The molecule has 0 aliphatic carbocycles. The Bertz CT molecular complexity index is 610. The second-order valence-corrected chi connectivity index (χ2v) is 4.42. The van der Waals surface area contributed by atoms with Gasteiger partial charge in [0.15, 0.2) is 11.6 Å². The van der Waals surface area contributed by atoms with Crippen molar-refractivity contribution in [2.24, 2.45) is 0 Å². The van der Waals surface area contributed by atoms with E-state index in [0.29, 0.717) is 17.8 Å². The van der Waals surface area contributed by atoms with Crippen LogP contribution in [0.4, 0.5) is 14.6 Å². The molecule has 0 aliphatic heterocycles. The first-order chi connectivity index (χ1) is 9.60. The Hall–Kier alpha value is -2.24. The standard InChI is InChI=1S/C14H15F2N3O/c1-2-10-8-17-19-14(10)18-13(20)6-4-9-3-5-11(15)12(16)7-9/h3,5,7-8H,2,4,6H2,1H3,(H2,17,18,19,20). The first kappa shape index (κ1) is 14.2. The van der Waals surface area contributed by atoms with Crippen LogP contribution < -0.4 is 5.32 Å². The molecule has 0 bridgehead atoms. The van der Waals surface area contributed by atoms with Gasteiger partial charge in [0, 0.05) is 12.0 Å². The zero-order chi connectivity index (χ0) is 14.5. The van der Waals surface area contributed by atoms with Crippen LogP contribution in [0.5, 0.6) is 0 Å². The number of hydrogen-bond acceptors (Lipinski definition) is 2. The first-order valence-electron chi connectivity index (χ1n) is 6.36. The molecule has 4 nitrogen and oxygen atoms in total. The Morgan fingerprint density at radius 1 is 1.35 bits per heavy atom. The van der Waals surface area contributed by atoms with Crippen LogP contribution >= 0.6 is 0 Å². The molecular formula is C14H15F2N3O. The van der Waals surface area contributed by atoms with Gasteiger partial charge in [-0.2, -0.15) is 5.10 Å². The second kappa shape index (κ2) is 6.27. The quantitative estimate of drug-likeness (QED) is 0.884. The van der Waals surface area contributed by atoms with E-state index in [0.717, 1.165) is 24.1 Å². The third kappa shape index (κ3) is 3.40. The molecule has 2 rings (SSSR count). The molecule has 1 aromatic carbocycles. The monoisotopic (exact) mass is 279 g/mol. The second-order valence-electron chi connectivity index (χ2n) is 4.42. The molecule has 0 fully saturated rings. The third-order valence-electron chi connectivity index (χ3n) is 2.99. The molecule has 20 heavy (non-hydrogen) atoms. The van der Waals surface area contributed by atoms with Gasteiger partial charge in [-0.1, -0.05) is 13.0 Å². The topological polar surface area (TPSA) is 57.8 Å². The van der Waals surface area contributed by atoms with E-state index in [9.17, 15) is 13.6 Å². The van der Waals surface area contributed by atoms with Gasteiger partial charge in [-0.3, -0.25) is 9.89 Å². The molecule has 106 valence electrons. The van der Waals surface area contributed by atoms with Crippen molar-refractivity contribution in [3.05, 3.63) is 47.2 Å². The normalized spacial score (nSPS) is 10.6.